The fourth-order valence-corrected chi connectivity index (χ4v) is 2.12. The van der Waals surface area contributed by atoms with Crippen molar-refractivity contribution in [3.05, 3.63) is 58.6 Å². The Morgan fingerprint density at radius 3 is 2.82 bits per heavy atom. The molecule has 0 atom stereocenters. The quantitative estimate of drug-likeness (QED) is 0.788. The van der Waals surface area contributed by atoms with Crippen LogP contribution in [0.1, 0.15) is 11.1 Å². The SMILES string of the molecule is COCCOc1cccc(CNc2ccc(Cl)cc2C#N)c1. The number of halogens is 1. The van der Waals surface area contributed by atoms with Gasteiger partial charge in [0, 0.05) is 18.7 Å². The number of nitrogens with one attached hydrogen (secondary N) is 1. The number of anilines is 1. The molecule has 0 bridgehead atoms. The van der Waals surface area contributed by atoms with E-state index in [0.717, 1.165) is 17.0 Å². The molecule has 2 aromatic rings. The van der Waals surface area contributed by atoms with Gasteiger partial charge in [-0.15, -0.1) is 0 Å². The van der Waals surface area contributed by atoms with Crippen LogP contribution in [-0.2, 0) is 11.3 Å². The second-order valence-corrected chi connectivity index (χ2v) is 5.08. The van der Waals surface area contributed by atoms with Gasteiger partial charge in [0.15, 0.2) is 0 Å². The third kappa shape index (κ3) is 4.66. The van der Waals surface area contributed by atoms with Crippen molar-refractivity contribution in [1.82, 2.24) is 0 Å². The maximum atomic E-state index is 9.12. The highest BCUT2D eigenvalue weighted by atomic mass is 35.5. The normalized spacial score (nSPS) is 10.0. The fraction of sp³-hybridized carbons (Fsp3) is 0.235. The molecule has 22 heavy (non-hydrogen) atoms. The number of nitrogens with zero attached hydrogens (tertiary/aromatic N) is 1. The number of benzene rings is 2. The standard InChI is InChI=1S/C17H17ClN2O2/c1-21-7-8-22-16-4-2-3-13(9-16)12-20-17-6-5-15(18)10-14(17)11-19/h2-6,9-10,20H,7-8,12H2,1H3. The Bertz CT molecular complexity index is 668. The number of ether oxygens (including phenoxy) is 2. The van der Waals surface area contributed by atoms with Gasteiger partial charge in [0.25, 0.3) is 0 Å². The molecule has 0 aliphatic heterocycles. The van der Waals surface area contributed by atoms with E-state index < -0.39 is 0 Å². The van der Waals surface area contributed by atoms with Crippen LogP contribution in [0, 0.1) is 11.3 Å². The molecule has 0 fully saturated rings. The first-order valence-corrected chi connectivity index (χ1v) is 7.25. The second-order valence-electron chi connectivity index (χ2n) is 4.64. The lowest BCUT2D eigenvalue weighted by molar-refractivity contribution is 0.146. The van der Waals surface area contributed by atoms with Crippen molar-refractivity contribution in [2.45, 2.75) is 6.54 Å². The highest BCUT2D eigenvalue weighted by molar-refractivity contribution is 6.30. The van der Waals surface area contributed by atoms with Crippen LogP contribution < -0.4 is 10.1 Å². The van der Waals surface area contributed by atoms with E-state index in [1.165, 1.54) is 0 Å². The van der Waals surface area contributed by atoms with Crippen molar-refractivity contribution in [2.24, 2.45) is 0 Å². The first-order valence-electron chi connectivity index (χ1n) is 6.87. The zero-order valence-corrected chi connectivity index (χ0v) is 13.1. The average Bonchev–Trinajstić information content (AvgIpc) is 2.54. The topological polar surface area (TPSA) is 54.3 Å². The molecule has 0 saturated heterocycles. The molecule has 0 aliphatic carbocycles. The molecule has 0 aromatic heterocycles. The van der Waals surface area contributed by atoms with Crippen LogP contribution in [0.15, 0.2) is 42.5 Å². The van der Waals surface area contributed by atoms with Gasteiger partial charge in [-0.1, -0.05) is 23.7 Å². The molecule has 0 unspecified atom stereocenters. The van der Waals surface area contributed by atoms with E-state index in [9.17, 15) is 0 Å². The summed E-state index contributed by atoms with van der Waals surface area (Å²) in [5.41, 5.74) is 2.35. The zero-order valence-electron chi connectivity index (χ0n) is 12.3. The maximum Gasteiger partial charge on any atom is 0.119 e. The molecule has 0 radical (unpaired) electrons. The molecule has 0 aliphatic rings. The maximum absolute atomic E-state index is 9.12. The van der Waals surface area contributed by atoms with Crippen LogP contribution in [0.25, 0.3) is 0 Å². The molecule has 1 N–H and O–H groups in total. The highest BCUT2D eigenvalue weighted by Gasteiger charge is 2.03. The second kappa shape index (κ2) is 8.28. The molecule has 0 saturated carbocycles. The van der Waals surface area contributed by atoms with Gasteiger partial charge in [0.2, 0.25) is 0 Å². The molecule has 114 valence electrons. The van der Waals surface area contributed by atoms with Crippen LogP contribution in [-0.4, -0.2) is 20.3 Å². The minimum Gasteiger partial charge on any atom is -0.491 e. The summed E-state index contributed by atoms with van der Waals surface area (Å²) in [6.45, 7) is 1.67. The Labute approximate surface area is 135 Å². The van der Waals surface area contributed by atoms with Crippen molar-refractivity contribution in [3.8, 4) is 11.8 Å². The van der Waals surface area contributed by atoms with E-state index in [2.05, 4.69) is 11.4 Å². The lowest BCUT2D eigenvalue weighted by Crippen LogP contribution is -2.05. The van der Waals surface area contributed by atoms with Crippen LogP contribution in [0.3, 0.4) is 0 Å². The molecule has 0 spiro atoms. The Kier molecular flexibility index (Phi) is 6.08. The summed E-state index contributed by atoms with van der Waals surface area (Å²) in [5.74, 6) is 0.799. The molecule has 4 nitrogen and oxygen atoms in total. The molecule has 2 aromatic carbocycles. The van der Waals surface area contributed by atoms with Crippen molar-refractivity contribution in [3.63, 3.8) is 0 Å². The Hall–Kier alpha value is -2.22. The lowest BCUT2D eigenvalue weighted by Gasteiger charge is -2.10. The van der Waals surface area contributed by atoms with Gasteiger partial charge in [-0.3, -0.25) is 0 Å². The molecule has 5 heteroatoms. The predicted octanol–water partition coefficient (Wildman–Crippen LogP) is 3.85. The Morgan fingerprint density at radius 1 is 1.18 bits per heavy atom. The van der Waals surface area contributed by atoms with Gasteiger partial charge < -0.3 is 14.8 Å². The summed E-state index contributed by atoms with van der Waals surface area (Å²) in [6.07, 6.45) is 0. The Balaban J connectivity index is 2.00. The third-order valence-corrected chi connectivity index (χ3v) is 3.27. The van der Waals surface area contributed by atoms with E-state index in [-0.39, 0.29) is 0 Å². The van der Waals surface area contributed by atoms with E-state index in [4.69, 9.17) is 26.3 Å². The fourth-order valence-electron chi connectivity index (χ4n) is 1.95. The van der Waals surface area contributed by atoms with E-state index >= 15 is 0 Å². The molecular weight excluding hydrogens is 300 g/mol. The van der Waals surface area contributed by atoms with Crippen molar-refractivity contribution in [1.29, 1.82) is 5.26 Å². The third-order valence-electron chi connectivity index (χ3n) is 3.04. The van der Waals surface area contributed by atoms with E-state index in [1.807, 2.05) is 24.3 Å². The summed E-state index contributed by atoms with van der Waals surface area (Å²) < 4.78 is 10.5. The first-order chi connectivity index (χ1) is 10.7. The molecule has 0 heterocycles. The van der Waals surface area contributed by atoms with Crippen LogP contribution in [0.2, 0.25) is 5.02 Å². The smallest absolute Gasteiger partial charge is 0.119 e. The van der Waals surface area contributed by atoms with Crippen molar-refractivity contribution in [2.75, 3.05) is 25.6 Å². The number of nitriles is 1. The van der Waals surface area contributed by atoms with E-state index in [1.54, 1.807) is 25.3 Å². The first kappa shape index (κ1) is 16.2. The summed E-state index contributed by atoms with van der Waals surface area (Å²) in [6, 6.07) is 15.1. The monoisotopic (exact) mass is 316 g/mol. The molecule has 2 rings (SSSR count). The lowest BCUT2D eigenvalue weighted by atomic mass is 10.1. The minimum absolute atomic E-state index is 0.517. The van der Waals surface area contributed by atoms with Crippen LogP contribution in [0.5, 0.6) is 5.75 Å². The van der Waals surface area contributed by atoms with Gasteiger partial charge in [-0.2, -0.15) is 5.26 Å². The molecular formula is C17H17ClN2O2. The zero-order chi connectivity index (χ0) is 15.8. The largest absolute Gasteiger partial charge is 0.491 e. The van der Waals surface area contributed by atoms with Gasteiger partial charge in [0.1, 0.15) is 18.4 Å². The van der Waals surface area contributed by atoms with Crippen molar-refractivity contribution < 1.29 is 9.47 Å². The summed E-state index contributed by atoms with van der Waals surface area (Å²) in [4.78, 5) is 0. The highest BCUT2D eigenvalue weighted by Crippen LogP contribution is 2.21. The number of rotatable bonds is 7. The summed E-state index contributed by atoms with van der Waals surface area (Å²) in [5, 5.41) is 12.9. The number of methoxy groups -OCH3 is 1. The van der Waals surface area contributed by atoms with Crippen molar-refractivity contribution >= 4 is 17.3 Å². The van der Waals surface area contributed by atoms with Crippen LogP contribution >= 0.6 is 11.6 Å². The van der Waals surface area contributed by atoms with Crippen LogP contribution in [0.4, 0.5) is 5.69 Å². The number of hydrogen-bond acceptors (Lipinski definition) is 4. The molecule has 0 amide bonds. The predicted molar refractivity (Wildman–Crippen MR) is 87.3 cm³/mol. The summed E-state index contributed by atoms with van der Waals surface area (Å²) in [7, 11) is 1.64. The number of hydrogen-bond donors (Lipinski definition) is 1. The minimum atomic E-state index is 0.517. The average molecular weight is 317 g/mol. The van der Waals surface area contributed by atoms with Gasteiger partial charge in [-0.25, -0.2) is 0 Å². The van der Waals surface area contributed by atoms with E-state index in [0.29, 0.717) is 30.3 Å². The van der Waals surface area contributed by atoms with Gasteiger partial charge in [-0.05, 0) is 35.9 Å². The van der Waals surface area contributed by atoms with Gasteiger partial charge >= 0.3 is 0 Å². The Morgan fingerprint density at radius 2 is 2.05 bits per heavy atom. The summed E-state index contributed by atoms with van der Waals surface area (Å²) >= 11 is 5.89. The van der Waals surface area contributed by atoms with Gasteiger partial charge in [0.05, 0.1) is 17.9 Å².